The van der Waals surface area contributed by atoms with Crippen LogP contribution in [0.3, 0.4) is 0 Å². The van der Waals surface area contributed by atoms with Crippen LogP contribution in [0.4, 0.5) is 10.1 Å². The standard InChI is InChI=1S/C22H23FN2O4/c1-14(17-5-3-4-6-18(17)23)24(2)22(27)15-11-21(26)25(13-15)16-7-8-19-20(12-16)29-10-9-28-19/h3-8,12,14-15H,9-11,13H2,1-2H3. The Hall–Kier alpha value is -3.09. The van der Waals surface area contributed by atoms with Crippen molar-refractivity contribution in [1.29, 1.82) is 0 Å². The van der Waals surface area contributed by atoms with E-state index in [0.717, 1.165) is 0 Å². The van der Waals surface area contributed by atoms with E-state index in [2.05, 4.69) is 0 Å². The second-order valence-electron chi connectivity index (χ2n) is 7.38. The summed E-state index contributed by atoms with van der Waals surface area (Å²) in [5.74, 6) is 0.135. The van der Waals surface area contributed by atoms with Crippen LogP contribution >= 0.6 is 0 Å². The zero-order valence-electron chi connectivity index (χ0n) is 16.4. The van der Waals surface area contributed by atoms with Gasteiger partial charge >= 0.3 is 0 Å². The Labute approximate surface area is 168 Å². The maximum atomic E-state index is 14.1. The summed E-state index contributed by atoms with van der Waals surface area (Å²) in [5.41, 5.74) is 1.13. The van der Waals surface area contributed by atoms with E-state index in [1.807, 2.05) is 0 Å². The summed E-state index contributed by atoms with van der Waals surface area (Å²) < 4.78 is 25.2. The third kappa shape index (κ3) is 3.64. The number of rotatable bonds is 4. The molecule has 0 aliphatic carbocycles. The molecule has 2 heterocycles. The minimum absolute atomic E-state index is 0.119. The molecule has 1 fully saturated rings. The van der Waals surface area contributed by atoms with Gasteiger partial charge in [-0.2, -0.15) is 0 Å². The number of hydrogen-bond donors (Lipinski definition) is 0. The fourth-order valence-corrected chi connectivity index (χ4v) is 3.82. The Kier molecular flexibility index (Phi) is 5.13. The van der Waals surface area contributed by atoms with E-state index < -0.39 is 12.0 Å². The van der Waals surface area contributed by atoms with E-state index in [0.29, 0.717) is 36.0 Å². The van der Waals surface area contributed by atoms with Crippen molar-refractivity contribution in [2.75, 3.05) is 31.7 Å². The first-order chi connectivity index (χ1) is 14.0. The van der Waals surface area contributed by atoms with Crippen molar-refractivity contribution in [2.24, 2.45) is 5.92 Å². The number of ether oxygens (including phenoxy) is 2. The largest absolute Gasteiger partial charge is 0.486 e. The summed E-state index contributed by atoms with van der Waals surface area (Å²) in [6.45, 7) is 3.03. The molecule has 0 bridgehead atoms. The number of anilines is 1. The normalized spacial score (nSPS) is 19.2. The quantitative estimate of drug-likeness (QED) is 0.794. The molecule has 0 N–H and O–H groups in total. The molecular weight excluding hydrogens is 375 g/mol. The predicted molar refractivity (Wildman–Crippen MR) is 105 cm³/mol. The van der Waals surface area contributed by atoms with E-state index in [-0.39, 0.29) is 30.6 Å². The van der Waals surface area contributed by atoms with Crippen LogP contribution in [0, 0.1) is 11.7 Å². The maximum absolute atomic E-state index is 14.1. The second-order valence-corrected chi connectivity index (χ2v) is 7.38. The number of amides is 2. The number of hydrogen-bond acceptors (Lipinski definition) is 4. The van der Waals surface area contributed by atoms with Crippen LogP contribution in [0.2, 0.25) is 0 Å². The molecule has 2 aliphatic rings. The maximum Gasteiger partial charge on any atom is 0.228 e. The molecule has 4 rings (SSSR count). The molecule has 2 aromatic rings. The van der Waals surface area contributed by atoms with Crippen molar-refractivity contribution < 1.29 is 23.5 Å². The number of carbonyl (C=O) groups is 2. The van der Waals surface area contributed by atoms with Gasteiger partial charge < -0.3 is 19.3 Å². The average molecular weight is 398 g/mol. The van der Waals surface area contributed by atoms with Crippen molar-refractivity contribution in [3.05, 3.63) is 53.8 Å². The zero-order chi connectivity index (χ0) is 20.5. The van der Waals surface area contributed by atoms with Gasteiger partial charge in [0, 0.05) is 37.3 Å². The lowest BCUT2D eigenvalue weighted by molar-refractivity contribution is -0.136. The first-order valence-electron chi connectivity index (χ1n) is 9.67. The Morgan fingerprint density at radius 1 is 1.17 bits per heavy atom. The SMILES string of the molecule is CC(c1ccccc1F)N(C)C(=O)C1CC(=O)N(c2ccc3c(c2)OCCO3)C1. The zero-order valence-corrected chi connectivity index (χ0v) is 16.4. The Bertz CT molecular complexity index is 948. The van der Waals surface area contributed by atoms with Crippen molar-refractivity contribution >= 4 is 17.5 Å². The Morgan fingerprint density at radius 2 is 1.90 bits per heavy atom. The molecule has 7 heteroatoms. The summed E-state index contributed by atoms with van der Waals surface area (Å²) in [7, 11) is 1.65. The number of halogens is 1. The highest BCUT2D eigenvalue weighted by Gasteiger charge is 2.38. The van der Waals surface area contributed by atoms with Crippen LogP contribution in [0.15, 0.2) is 42.5 Å². The lowest BCUT2D eigenvalue weighted by atomic mass is 10.0. The third-order valence-electron chi connectivity index (χ3n) is 5.60. The first kappa shape index (κ1) is 19.2. The third-order valence-corrected chi connectivity index (χ3v) is 5.60. The van der Waals surface area contributed by atoms with E-state index >= 15 is 0 Å². The van der Waals surface area contributed by atoms with Gasteiger partial charge in [-0.25, -0.2) is 4.39 Å². The lowest BCUT2D eigenvalue weighted by Crippen LogP contribution is -2.36. The Morgan fingerprint density at radius 3 is 2.66 bits per heavy atom. The van der Waals surface area contributed by atoms with Crippen LogP contribution in [0.1, 0.15) is 24.9 Å². The first-order valence-corrected chi connectivity index (χ1v) is 9.67. The summed E-state index contributed by atoms with van der Waals surface area (Å²) in [6.07, 6.45) is 0.127. The van der Waals surface area contributed by atoms with Gasteiger partial charge in [-0.05, 0) is 25.1 Å². The van der Waals surface area contributed by atoms with Gasteiger partial charge in [0.05, 0.1) is 12.0 Å². The van der Waals surface area contributed by atoms with Gasteiger partial charge in [0.2, 0.25) is 11.8 Å². The van der Waals surface area contributed by atoms with Gasteiger partial charge in [-0.3, -0.25) is 9.59 Å². The fraction of sp³-hybridized carbons (Fsp3) is 0.364. The molecule has 2 atom stereocenters. The van der Waals surface area contributed by atoms with Crippen LogP contribution < -0.4 is 14.4 Å². The Balaban J connectivity index is 1.48. The fourth-order valence-electron chi connectivity index (χ4n) is 3.82. The lowest BCUT2D eigenvalue weighted by Gasteiger charge is -2.28. The van der Waals surface area contributed by atoms with E-state index in [1.54, 1.807) is 55.3 Å². The summed E-state index contributed by atoms with van der Waals surface area (Å²) in [5, 5.41) is 0. The van der Waals surface area contributed by atoms with Gasteiger partial charge in [0.1, 0.15) is 19.0 Å². The molecule has 1 saturated heterocycles. The van der Waals surface area contributed by atoms with E-state index in [9.17, 15) is 14.0 Å². The molecule has 29 heavy (non-hydrogen) atoms. The molecule has 2 aliphatic heterocycles. The van der Waals surface area contributed by atoms with Gasteiger partial charge in [-0.1, -0.05) is 18.2 Å². The average Bonchev–Trinajstić information content (AvgIpc) is 3.13. The summed E-state index contributed by atoms with van der Waals surface area (Å²) >= 11 is 0. The molecular formula is C22H23FN2O4. The van der Waals surface area contributed by atoms with E-state index in [1.165, 1.54) is 11.0 Å². The summed E-state index contributed by atoms with van der Waals surface area (Å²) in [4.78, 5) is 28.7. The number of nitrogens with zero attached hydrogens (tertiary/aromatic N) is 2. The molecule has 2 aromatic carbocycles. The van der Waals surface area contributed by atoms with Crippen LogP contribution in [-0.2, 0) is 9.59 Å². The minimum atomic E-state index is -0.477. The van der Waals surface area contributed by atoms with Gasteiger partial charge in [0.25, 0.3) is 0 Å². The topological polar surface area (TPSA) is 59.1 Å². The van der Waals surface area contributed by atoms with Crippen LogP contribution in [-0.4, -0.2) is 43.5 Å². The van der Waals surface area contributed by atoms with E-state index in [4.69, 9.17) is 9.47 Å². The van der Waals surface area contributed by atoms with Gasteiger partial charge in [-0.15, -0.1) is 0 Å². The summed E-state index contributed by atoms with van der Waals surface area (Å²) in [6, 6.07) is 11.3. The number of carbonyl (C=O) groups excluding carboxylic acids is 2. The minimum Gasteiger partial charge on any atom is -0.486 e. The smallest absolute Gasteiger partial charge is 0.228 e. The van der Waals surface area contributed by atoms with Crippen molar-refractivity contribution in [2.45, 2.75) is 19.4 Å². The molecule has 0 aromatic heterocycles. The van der Waals surface area contributed by atoms with Crippen molar-refractivity contribution in [1.82, 2.24) is 4.90 Å². The molecule has 0 radical (unpaired) electrons. The molecule has 2 unspecified atom stereocenters. The monoisotopic (exact) mass is 398 g/mol. The second kappa shape index (κ2) is 7.73. The highest BCUT2D eigenvalue weighted by Crippen LogP contribution is 2.36. The van der Waals surface area contributed by atoms with Crippen molar-refractivity contribution in [3.63, 3.8) is 0 Å². The highest BCUT2D eigenvalue weighted by molar-refractivity contribution is 6.00. The predicted octanol–water partition coefficient (Wildman–Crippen LogP) is 3.17. The van der Waals surface area contributed by atoms with Crippen LogP contribution in [0.25, 0.3) is 0 Å². The molecule has 0 saturated carbocycles. The van der Waals surface area contributed by atoms with Crippen molar-refractivity contribution in [3.8, 4) is 11.5 Å². The van der Waals surface area contributed by atoms with Crippen LogP contribution in [0.5, 0.6) is 11.5 Å². The molecule has 152 valence electrons. The molecule has 2 amide bonds. The van der Waals surface area contributed by atoms with Gasteiger partial charge in [0.15, 0.2) is 11.5 Å². The molecule has 6 nitrogen and oxygen atoms in total. The highest BCUT2D eigenvalue weighted by atomic mass is 19.1. The number of benzene rings is 2. The molecule has 0 spiro atoms. The number of fused-ring (bicyclic) bond motifs is 1.